The van der Waals surface area contributed by atoms with Gasteiger partial charge >= 0.3 is 5.69 Å². The molecule has 1 saturated carbocycles. The van der Waals surface area contributed by atoms with Crippen LogP contribution in [0.5, 0.6) is 0 Å². The van der Waals surface area contributed by atoms with Gasteiger partial charge in [-0.25, -0.2) is 23.8 Å². The Balaban J connectivity index is 1.28. The lowest BCUT2D eigenvalue weighted by Crippen LogP contribution is -2.30. The number of benzene rings is 2. The van der Waals surface area contributed by atoms with Crippen LogP contribution < -0.4 is 5.69 Å². The van der Waals surface area contributed by atoms with E-state index in [4.69, 9.17) is 4.98 Å². The number of H-pyrrole nitrogens is 1. The molecule has 2 aromatic carbocycles. The Morgan fingerprint density at radius 3 is 2.77 bits per heavy atom. The molecule has 1 atom stereocenters. The van der Waals surface area contributed by atoms with Gasteiger partial charge in [0.1, 0.15) is 11.6 Å². The van der Waals surface area contributed by atoms with Crippen molar-refractivity contribution < 1.29 is 9.18 Å². The Morgan fingerprint density at radius 1 is 1.14 bits per heavy atom. The van der Waals surface area contributed by atoms with Gasteiger partial charge in [0.05, 0.1) is 16.9 Å². The van der Waals surface area contributed by atoms with Gasteiger partial charge in [0.2, 0.25) is 5.91 Å². The fourth-order valence-electron chi connectivity index (χ4n) is 5.11. The molecule has 8 heteroatoms. The minimum Gasteiger partial charge on any atom is -0.342 e. The van der Waals surface area contributed by atoms with Crippen LogP contribution in [-0.4, -0.2) is 43.6 Å². The number of rotatable bonds is 5. The van der Waals surface area contributed by atoms with Gasteiger partial charge in [0, 0.05) is 36.4 Å². The summed E-state index contributed by atoms with van der Waals surface area (Å²) >= 11 is 0. The van der Waals surface area contributed by atoms with Crippen molar-refractivity contribution in [2.24, 2.45) is 11.8 Å². The topological polar surface area (TPSA) is 83.9 Å². The van der Waals surface area contributed by atoms with Crippen molar-refractivity contribution >= 4 is 16.8 Å². The number of pyridine rings is 1. The smallest absolute Gasteiger partial charge is 0.342 e. The van der Waals surface area contributed by atoms with E-state index in [0.717, 1.165) is 42.3 Å². The quantitative estimate of drug-likeness (QED) is 0.477. The molecule has 1 aliphatic carbocycles. The number of aromatic amines is 1. The van der Waals surface area contributed by atoms with Gasteiger partial charge in [0.15, 0.2) is 0 Å². The number of amides is 1. The van der Waals surface area contributed by atoms with Crippen molar-refractivity contribution in [2.45, 2.75) is 32.6 Å². The SMILES string of the molecule is Cc1cc2ccccc2nc1-c1ccc(-n2c(C[C@@H]3CCN(C(=O)C4CC4)C3)n[nH]c2=O)c(F)c1. The van der Waals surface area contributed by atoms with Crippen LogP contribution >= 0.6 is 0 Å². The second-order valence-corrected chi connectivity index (χ2v) is 9.71. The van der Waals surface area contributed by atoms with Crippen LogP contribution in [0.2, 0.25) is 0 Å². The predicted molar refractivity (Wildman–Crippen MR) is 131 cm³/mol. The van der Waals surface area contributed by atoms with Gasteiger partial charge in [-0.15, -0.1) is 0 Å². The van der Waals surface area contributed by atoms with Crippen molar-refractivity contribution in [3.05, 3.63) is 76.2 Å². The van der Waals surface area contributed by atoms with E-state index in [1.165, 1.54) is 10.6 Å². The maximum Gasteiger partial charge on any atom is 0.348 e. The van der Waals surface area contributed by atoms with Crippen molar-refractivity contribution in [3.8, 4) is 16.9 Å². The van der Waals surface area contributed by atoms with Crippen LogP contribution in [0, 0.1) is 24.6 Å². The molecule has 2 fully saturated rings. The first-order valence-corrected chi connectivity index (χ1v) is 12.1. The molecule has 3 heterocycles. The van der Waals surface area contributed by atoms with E-state index in [9.17, 15) is 9.59 Å². The Kier molecular flexibility index (Phi) is 5.24. The number of para-hydroxylation sites is 1. The molecule has 2 aliphatic rings. The molecule has 0 spiro atoms. The van der Waals surface area contributed by atoms with Gasteiger partial charge in [0.25, 0.3) is 0 Å². The number of likely N-dealkylation sites (tertiary alicyclic amines) is 1. The summed E-state index contributed by atoms with van der Waals surface area (Å²) in [5.41, 5.74) is 2.83. The average Bonchev–Trinajstić information content (AvgIpc) is 3.50. The Bertz CT molecular complexity index is 1500. The molecule has 2 aromatic heterocycles. The van der Waals surface area contributed by atoms with E-state index in [2.05, 4.69) is 10.2 Å². The normalized spacial score (nSPS) is 17.9. The van der Waals surface area contributed by atoms with E-state index in [0.29, 0.717) is 30.0 Å². The highest BCUT2D eigenvalue weighted by Crippen LogP contribution is 2.33. The van der Waals surface area contributed by atoms with Gasteiger partial charge in [-0.2, -0.15) is 5.10 Å². The number of halogens is 1. The molecule has 7 nitrogen and oxygen atoms in total. The minimum absolute atomic E-state index is 0.157. The first kappa shape index (κ1) is 21.7. The first-order chi connectivity index (χ1) is 17.0. The zero-order valence-corrected chi connectivity index (χ0v) is 19.5. The number of nitrogens with one attached hydrogen (secondary N) is 1. The average molecular weight is 472 g/mol. The zero-order chi connectivity index (χ0) is 24.1. The molecule has 4 aromatic rings. The van der Waals surface area contributed by atoms with Crippen LogP contribution in [0.1, 0.15) is 30.7 Å². The summed E-state index contributed by atoms with van der Waals surface area (Å²) in [7, 11) is 0. The highest BCUT2D eigenvalue weighted by Gasteiger charge is 2.37. The summed E-state index contributed by atoms with van der Waals surface area (Å²) in [5, 5.41) is 7.69. The summed E-state index contributed by atoms with van der Waals surface area (Å²) in [6.07, 6.45) is 3.33. The summed E-state index contributed by atoms with van der Waals surface area (Å²) in [6, 6.07) is 14.7. The van der Waals surface area contributed by atoms with Gasteiger partial charge in [-0.05, 0) is 61.9 Å². The first-order valence-electron chi connectivity index (χ1n) is 12.1. The molecule has 0 radical (unpaired) electrons. The number of carbonyl (C=O) groups is 1. The van der Waals surface area contributed by atoms with E-state index < -0.39 is 11.5 Å². The number of hydrogen-bond acceptors (Lipinski definition) is 4. The van der Waals surface area contributed by atoms with Gasteiger partial charge < -0.3 is 4.90 Å². The lowest BCUT2D eigenvalue weighted by Gasteiger charge is -2.16. The third-order valence-electron chi connectivity index (χ3n) is 7.11. The van der Waals surface area contributed by atoms with Crippen molar-refractivity contribution in [1.29, 1.82) is 0 Å². The summed E-state index contributed by atoms with van der Waals surface area (Å²) in [4.78, 5) is 31.6. The lowest BCUT2D eigenvalue weighted by atomic mass is 10.0. The van der Waals surface area contributed by atoms with Crippen LogP contribution in [0.4, 0.5) is 4.39 Å². The Hall–Kier alpha value is -3.81. The van der Waals surface area contributed by atoms with Gasteiger partial charge in [-0.1, -0.05) is 24.3 Å². The molecule has 178 valence electrons. The molecule has 0 bridgehead atoms. The maximum absolute atomic E-state index is 15.4. The maximum atomic E-state index is 15.4. The van der Waals surface area contributed by atoms with E-state index in [1.54, 1.807) is 12.1 Å². The second-order valence-electron chi connectivity index (χ2n) is 9.71. The predicted octanol–water partition coefficient (Wildman–Crippen LogP) is 4.02. The number of aromatic nitrogens is 4. The van der Waals surface area contributed by atoms with E-state index in [-0.39, 0.29) is 23.4 Å². The Labute approximate surface area is 201 Å². The number of carbonyl (C=O) groups excluding carboxylic acids is 1. The summed E-state index contributed by atoms with van der Waals surface area (Å²) in [5.74, 6) is 0.598. The third kappa shape index (κ3) is 4.03. The third-order valence-corrected chi connectivity index (χ3v) is 7.11. The van der Waals surface area contributed by atoms with Crippen LogP contribution in [0.25, 0.3) is 27.8 Å². The zero-order valence-electron chi connectivity index (χ0n) is 19.5. The Morgan fingerprint density at radius 2 is 1.97 bits per heavy atom. The molecule has 6 rings (SSSR count). The molecular formula is C27H26FN5O2. The monoisotopic (exact) mass is 471 g/mol. The van der Waals surface area contributed by atoms with Crippen LogP contribution in [0.3, 0.4) is 0 Å². The van der Waals surface area contributed by atoms with Gasteiger partial charge in [-0.3, -0.25) is 4.79 Å². The fraction of sp³-hybridized carbons (Fsp3) is 0.333. The molecule has 0 unspecified atom stereocenters. The minimum atomic E-state index is -0.515. The highest BCUT2D eigenvalue weighted by atomic mass is 19.1. The number of nitrogens with zero attached hydrogens (tertiary/aromatic N) is 4. The molecular weight excluding hydrogens is 445 g/mol. The highest BCUT2D eigenvalue weighted by molar-refractivity contribution is 5.83. The van der Waals surface area contributed by atoms with Crippen LogP contribution in [0.15, 0.2) is 53.3 Å². The van der Waals surface area contributed by atoms with E-state index in [1.807, 2.05) is 42.2 Å². The number of fused-ring (bicyclic) bond motifs is 1. The number of aryl methyl sites for hydroxylation is 1. The molecule has 1 saturated heterocycles. The largest absolute Gasteiger partial charge is 0.348 e. The van der Waals surface area contributed by atoms with Crippen molar-refractivity contribution in [3.63, 3.8) is 0 Å². The number of hydrogen-bond donors (Lipinski definition) is 1. The summed E-state index contributed by atoms with van der Waals surface area (Å²) in [6.45, 7) is 3.35. The molecule has 1 N–H and O–H groups in total. The molecule has 35 heavy (non-hydrogen) atoms. The second kappa shape index (κ2) is 8.45. The standard InChI is InChI=1S/C27H26FN5O2/c1-16-12-19-4-2-3-5-22(19)29-25(16)20-8-9-23(21(28)14-20)33-24(30-31-27(33)35)13-17-10-11-32(15-17)26(34)18-6-7-18/h2-5,8-9,12,14,17-18H,6-7,10-11,13,15H2,1H3,(H,31,35)/t17-/m0/s1. The van der Waals surface area contributed by atoms with Crippen LogP contribution in [-0.2, 0) is 11.2 Å². The molecule has 1 aliphatic heterocycles. The summed E-state index contributed by atoms with van der Waals surface area (Å²) < 4.78 is 16.7. The fourth-order valence-corrected chi connectivity index (χ4v) is 5.11. The van der Waals surface area contributed by atoms with Crippen molar-refractivity contribution in [2.75, 3.05) is 13.1 Å². The lowest BCUT2D eigenvalue weighted by molar-refractivity contribution is -0.131. The van der Waals surface area contributed by atoms with E-state index >= 15 is 4.39 Å². The molecule has 1 amide bonds. The van der Waals surface area contributed by atoms with Crippen molar-refractivity contribution in [1.82, 2.24) is 24.6 Å².